The normalized spacial score (nSPS) is 12.1. The average Bonchev–Trinajstić information content (AvgIpc) is 2.03. The van der Waals surface area contributed by atoms with Crippen LogP contribution in [0.1, 0.15) is 11.0 Å². The predicted molar refractivity (Wildman–Crippen MR) is 57.2 cm³/mol. The number of hydrogen-bond donors (Lipinski definition) is 2. The maximum atomic E-state index is 10.4. The first kappa shape index (κ1) is 17.5. The van der Waals surface area contributed by atoms with Crippen LogP contribution in [0.3, 0.4) is 0 Å². The fraction of sp³-hybridized carbons (Fsp3) is 0.143. The van der Waals surface area contributed by atoms with Crippen LogP contribution in [0.2, 0.25) is 0 Å². The van der Waals surface area contributed by atoms with E-state index >= 15 is 0 Å². The molecule has 0 aliphatic carbocycles. The molecule has 0 aliphatic heterocycles. The molecule has 2 N–H and O–H groups in total. The zero-order valence-corrected chi connectivity index (χ0v) is 6.90. The van der Waals surface area contributed by atoms with Gasteiger partial charge in [0.05, 0.1) is 0 Å². The summed E-state index contributed by atoms with van der Waals surface area (Å²) in [7, 11) is -4.40. The Morgan fingerprint density at radius 1 is 1.07 bits per heavy atom. The summed E-state index contributed by atoms with van der Waals surface area (Å²) in [6.07, 6.45) is 0. The Balaban J connectivity index is 0. The molecule has 0 aromatic heterocycles. The average molecular weight is 236 g/mol. The molecule has 70 valence electrons. The van der Waals surface area contributed by atoms with Crippen LogP contribution in [-0.2, 0) is 10.1 Å². The van der Waals surface area contributed by atoms with Gasteiger partial charge in [0.2, 0.25) is 5.44 Å². The number of hydrogen-bond acceptors (Lipinski definition) is 3. The van der Waals surface area contributed by atoms with E-state index in [-0.39, 0.29) is 64.7 Å². The third-order valence-corrected chi connectivity index (χ3v) is 2.20. The van der Waals surface area contributed by atoms with Crippen molar-refractivity contribution in [1.29, 1.82) is 0 Å². The molecule has 0 fully saturated rings. The van der Waals surface area contributed by atoms with Gasteiger partial charge in [0.25, 0.3) is 10.1 Å². The monoisotopic (exact) mass is 236 g/mol. The molecule has 1 aromatic carbocycles. The van der Waals surface area contributed by atoms with Crippen LogP contribution >= 0.6 is 0 Å². The maximum absolute atomic E-state index is 10.4. The van der Waals surface area contributed by atoms with E-state index in [4.69, 9.17) is 9.66 Å². The molecule has 7 heteroatoms. The molecule has 0 saturated carbocycles. The van der Waals surface area contributed by atoms with Gasteiger partial charge >= 0.3 is 59.1 Å². The summed E-state index contributed by atoms with van der Waals surface area (Å²) in [6, 6.07) is 7.66. The zero-order chi connectivity index (χ0) is 9.19. The first-order valence-electron chi connectivity index (χ1n) is 3.21. The van der Waals surface area contributed by atoms with Crippen LogP contribution in [-0.4, -0.2) is 77.2 Å². The summed E-state index contributed by atoms with van der Waals surface area (Å²) < 4.78 is 29.3. The zero-order valence-electron chi connectivity index (χ0n) is 6.08. The van der Waals surface area contributed by atoms with Crippen LogP contribution in [0.4, 0.5) is 0 Å². The molecule has 0 amide bonds. The van der Waals surface area contributed by atoms with Crippen molar-refractivity contribution in [2.45, 2.75) is 5.44 Å². The Morgan fingerprint density at radius 3 is 1.86 bits per heavy atom. The third-order valence-electron chi connectivity index (χ3n) is 1.37. The summed E-state index contributed by atoms with van der Waals surface area (Å²) in [6.45, 7) is 0. The molecule has 0 spiro atoms. The molecule has 1 rings (SSSR count). The molecule has 1 aromatic rings. The van der Waals surface area contributed by atoms with Crippen molar-refractivity contribution in [1.82, 2.24) is 0 Å². The topological polar surface area (TPSA) is 74.6 Å². The summed E-state index contributed by atoms with van der Waals surface area (Å²) in [4.78, 5) is 0. The minimum atomic E-state index is -4.40. The fourth-order valence-electron chi connectivity index (χ4n) is 0.790. The van der Waals surface area contributed by atoms with Gasteiger partial charge in [-0.05, 0) is 5.56 Å². The van der Waals surface area contributed by atoms with Crippen LogP contribution < -0.4 is 0 Å². The van der Waals surface area contributed by atoms with Gasteiger partial charge in [0, 0.05) is 0 Å². The second-order valence-corrected chi connectivity index (χ2v) is 3.75. The van der Waals surface area contributed by atoms with Crippen molar-refractivity contribution in [3.63, 3.8) is 0 Å². The molecule has 14 heavy (non-hydrogen) atoms. The number of aliphatic hydroxyl groups is 1. The molecule has 0 saturated heterocycles. The van der Waals surface area contributed by atoms with Crippen molar-refractivity contribution in [3.05, 3.63) is 35.9 Å². The van der Waals surface area contributed by atoms with Gasteiger partial charge in [-0.25, -0.2) is 0 Å². The molecule has 0 radical (unpaired) electrons. The number of rotatable bonds is 2. The van der Waals surface area contributed by atoms with Gasteiger partial charge in [0.1, 0.15) is 0 Å². The Hall–Kier alpha value is 1.09. The number of benzene rings is 1. The standard InChI is InChI=1S/C7H8O4S.2Na.2H/c8-7(12(9,10)11)6-4-2-1-3-5-6;;;;/h1-5,7-8H,(H,9,10,11);;;;. The second kappa shape index (κ2) is 7.38. The van der Waals surface area contributed by atoms with Crippen LogP contribution in [0.15, 0.2) is 30.3 Å². The van der Waals surface area contributed by atoms with Crippen molar-refractivity contribution < 1.29 is 18.1 Å². The van der Waals surface area contributed by atoms with E-state index in [0.29, 0.717) is 0 Å². The van der Waals surface area contributed by atoms with Crippen LogP contribution in [0.25, 0.3) is 0 Å². The SMILES string of the molecule is O=S(=O)(O)C(O)c1ccccc1.[NaH].[NaH]. The molecular formula is C7H10Na2O4S. The molecule has 0 aliphatic rings. The van der Waals surface area contributed by atoms with E-state index in [2.05, 4.69) is 0 Å². The summed E-state index contributed by atoms with van der Waals surface area (Å²) in [5, 5.41) is 9.02. The summed E-state index contributed by atoms with van der Waals surface area (Å²) in [5.74, 6) is 0. The molecule has 1 unspecified atom stereocenters. The second-order valence-electron chi connectivity index (χ2n) is 2.28. The number of aliphatic hydroxyl groups excluding tert-OH is 1. The summed E-state index contributed by atoms with van der Waals surface area (Å²) >= 11 is 0. The Morgan fingerprint density at radius 2 is 1.50 bits per heavy atom. The van der Waals surface area contributed by atoms with Crippen molar-refractivity contribution in [3.8, 4) is 0 Å². The molecule has 4 nitrogen and oxygen atoms in total. The Kier molecular flexibility index (Phi) is 9.21. The van der Waals surface area contributed by atoms with Gasteiger partial charge in [-0.1, -0.05) is 30.3 Å². The van der Waals surface area contributed by atoms with Crippen molar-refractivity contribution >= 4 is 69.2 Å². The fourth-order valence-corrected chi connectivity index (χ4v) is 1.29. The molecule has 0 bridgehead atoms. The van der Waals surface area contributed by atoms with Gasteiger partial charge in [-0.15, -0.1) is 0 Å². The van der Waals surface area contributed by atoms with Gasteiger partial charge in [0.15, 0.2) is 0 Å². The van der Waals surface area contributed by atoms with Crippen molar-refractivity contribution in [2.24, 2.45) is 0 Å². The first-order valence-corrected chi connectivity index (χ1v) is 4.71. The van der Waals surface area contributed by atoms with E-state index in [0.717, 1.165) is 0 Å². The van der Waals surface area contributed by atoms with E-state index in [1.807, 2.05) is 0 Å². The van der Waals surface area contributed by atoms with Crippen LogP contribution in [0, 0.1) is 0 Å². The van der Waals surface area contributed by atoms with E-state index in [9.17, 15) is 8.42 Å². The summed E-state index contributed by atoms with van der Waals surface area (Å²) in [5.41, 5.74) is -1.70. The van der Waals surface area contributed by atoms with Gasteiger partial charge < -0.3 is 5.11 Å². The molecular weight excluding hydrogens is 226 g/mol. The van der Waals surface area contributed by atoms with Crippen molar-refractivity contribution in [2.75, 3.05) is 0 Å². The van der Waals surface area contributed by atoms with Gasteiger partial charge in [-0.2, -0.15) is 8.42 Å². The third kappa shape index (κ3) is 5.25. The van der Waals surface area contributed by atoms with Crippen LogP contribution in [0.5, 0.6) is 0 Å². The first-order chi connectivity index (χ1) is 5.52. The van der Waals surface area contributed by atoms with E-state index < -0.39 is 15.6 Å². The van der Waals surface area contributed by atoms with E-state index in [1.165, 1.54) is 12.1 Å². The van der Waals surface area contributed by atoms with E-state index in [1.54, 1.807) is 18.2 Å². The quantitative estimate of drug-likeness (QED) is 0.524. The minimum absolute atomic E-state index is 0. The molecule has 0 heterocycles. The predicted octanol–water partition coefficient (Wildman–Crippen LogP) is -0.732. The Bertz CT molecular complexity index is 351. The molecule has 1 atom stereocenters. The van der Waals surface area contributed by atoms with Gasteiger partial charge in [-0.3, -0.25) is 4.55 Å². The Labute approximate surface area is 127 Å².